The highest BCUT2D eigenvalue weighted by atomic mass is 16.4. The predicted molar refractivity (Wildman–Crippen MR) is 58.6 cm³/mol. The molecule has 1 unspecified atom stereocenters. The van der Waals surface area contributed by atoms with Crippen LogP contribution in [0.15, 0.2) is 30.3 Å². The number of carboxylic acid groups (broad SMARTS) is 1. The Labute approximate surface area is 93.3 Å². The highest BCUT2D eigenvalue weighted by Gasteiger charge is 2.34. The molecular formula is C11H14N2O3. The second-order valence-corrected chi connectivity index (χ2v) is 3.62. The number of hydrogen-bond acceptors (Lipinski definition) is 3. The van der Waals surface area contributed by atoms with Gasteiger partial charge in [0.05, 0.1) is 6.54 Å². The lowest BCUT2D eigenvalue weighted by Gasteiger charge is -2.26. The van der Waals surface area contributed by atoms with Crippen molar-refractivity contribution < 1.29 is 14.7 Å². The van der Waals surface area contributed by atoms with E-state index >= 15 is 0 Å². The van der Waals surface area contributed by atoms with Crippen molar-refractivity contribution in [1.82, 2.24) is 5.32 Å². The fourth-order valence-electron chi connectivity index (χ4n) is 1.34. The fourth-order valence-corrected chi connectivity index (χ4v) is 1.34. The Morgan fingerprint density at radius 1 is 1.38 bits per heavy atom. The molecule has 0 aliphatic heterocycles. The molecule has 0 radical (unpaired) electrons. The number of amides is 1. The highest BCUT2D eigenvalue weighted by molar-refractivity contribution is 5.82. The average molecular weight is 222 g/mol. The Hall–Kier alpha value is -1.88. The van der Waals surface area contributed by atoms with Gasteiger partial charge in [-0.25, -0.2) is 4.79 Å². The molecule has 16 heavy (non-hydrogen) atoms. The lowest BCUT2D eigenvalue weighted by Crippen LogP contribution is -2.49. The Kier molecular flexibility index (Phi) is 3.63. The van der Waals surface area contributed by atoms with E-state index in [2.05, 4.69) is 5.32 Å². The van der Waals surface area contributed by atoms with Crippen LogP contribution < -0.4 is 11.1 Å². The van der Waals surface area contributed by atoms with Gasteiger partial charge >= 0.3 is 5.97 Å². The molecule has 0 spiro atoms. The standard InChI is InChI=1S/C11H14N2O3/c1-11(10(15)16,13-7-9(12)14)8-5-3-2-4-6-8/h2-6,13H,7H2,1H3,(H2,12,14)(H,15,16). The van der Waals surface area contributed by atoms with Crippen LogP contribution in [0.1, 0.15) is 12.5 Å². The highest BCUT2D eigenvalue weighted by Crippen LogP contribution is 2.20. The van der Waals surface area contributed by atoms with Crippen LogP contribution in [0.25, 0.3) is 0 Å². The summed E-state index contributed by atoms with van der Waals surface area (Å²) >= 11 is 0. The number of aliphatic carboxylic acids is 1. The minimum atomic E-state index is -1.31. The van der Waals surface area contributed by atoms with E-state index in [-0.39, 0.29) is 6.54 Å². The molecule has 0 saturated carbocycles. The second-order valence-electron chi connectivity index (χ2n) is 3.62. The lowest BCUT2D eigenvalue weighted by atomic mass is 9.92. The van der Waals surface area contributed by atoms with Crippen molar-refractivity contribution in [2.45, 2.75) is 12.5 Å². The summed E-state index contributed by atoms with van der Waals surface area (Å²) in [6.45, 7) is 1.31. The first-order chi connectivity index (χ1) is 7.47. The topological polar surface area (TPSA) is 92.4 Å². The molecule has 86 valence electrons. The SMILES string of the molecule is CC(NCC(N)=O)(C(=O)O)c1ccccc1. The van der Waals surface area contributed by atoms with Crippen LogP contribution in [0.3, 0.4) is 0 Å². The van der Waals surface area contributed by atoms with E-state index in [1.165, 1.54) is 6.92 Å². The van der Waals surface area contributed by atoms with Crippen molar-refractivity contribution in [1.29, 1.82) is 0 Å². The monoisotopic (exact) mass is 222 g/mol. The second kappa shape index (κ2) is 4.76. The molecule has 1 rings (SSSR count). The van der Waals surface area contributed by atoms with Crippen LogP contribution in [0.5, 0.6) is 0 Å². The molecule has 0 fully saturated rings. The van der Waals surface area contributed by atoms with E-state index < -0.39 is 17.4 Å². The van der Waals surface area contributed by atoms with Crippen molar-refractivity contribution in [3.05, 3.63) is 35.9 Å². The quantitative estimate of drug-likeness (QED) is 0.657. The largest absolute Gasteiger partial charge is 0.480 e. The number of benzene rings is 1. The van der Waals surface area contributed by atoms with Gasteiger partial charge in [0.1, 0.15) is 5.54 Å². The Morgan fingerprint density at radius 2 is 1.94 bits per heavy atom. The molecule has 0 aromatic heterocycles. The van der Waals surface area contributed by atoms with E-state index in [4.69, 9.17) is 5.73 Å². The van der Waals surface area contributed by atoms with Crippen molar-refractivity contribution in [3.63, 3.8) is 0 Å². The number of rotatable bonds is 5. The molecular weight excluding hydrogens is 208 g/mol. The summed E-state index contributed by atoms with van der Waals surface area (Å²) in [4.78, 5) is 21.9. The molecule has 0 heterocycles. The van der Waals surface area contributed by atoms with Crippen LogP contribution in [0.2, 0.25) is 0 Å². The predicted octanol–water partition coefficient (Wildman–Crippen LogP) is 0.0613. The minimum Gasteiger partial charge on any atom is -0.480 e. The average Bonchev–Trinajstić information content (AvgIpc) is 2.26. The van der Waals surface area contributed by atoms with Crippen LogP contribution in [0.4, 0.5) is 0 Å². The number of nitrogens with one attached hydrogen (secondary N) is 1. The summed E-state index contributed by atoms with van der Waals surface area (Å²) in [5.41, 5.74) is 4.25. The van der Waals surface area contributed by atoms with Gasteiger partial charge in [-0.3, -0.25) is 10.1 Å². The Morgan fingerprint density at radius 3 is 2.38 bits per heavy atom. The van der Waals surface area contributed by atoms with Crippen LogP contribution in [-0.4, -0.2) is 23.5 Å². The van der Waals surface area contributed by atoms with Crippen LogP contribution in [-0.2, 0) is 15.1 Å². The third-order valence-electron chi connectivity index (χ3n) is 2.40. The molecule has 1 aromatic rings. The summed E-state index contributed by atoms with van der Waals surface area (Å²) in [6, 6.07) is 8.63. The van der Waals surface area contributed by atoms with E-state index in [0.717, 1.165) is 0 Å². The van der Waals surface area contributed by atoms with Gasteiger partial charge < -0.3 is 10.8 Å². The summed E-state index contributed by atoms with van der Waals surface area (Å²) in [5, 5.41) is 11.8. The maximum Gasteiger partial charge on any atom is 0.328 e. The molecule has 0 aliphatic rings. The summed E-state index contributed by atoms with van der Waals surface area (Å²) in [7, 11) is 0. The van der Waals surface area contributed by atoms with Crippen LogP contribution in [0, 0.1) is 0 Å². The molecule has 4 N–H and O–H groups in total. The van der Waals surface area contributed by atoms with Gasteiger partial charge in [-0.05, 0) is 12.5 Å². The zero-order valence-corrected chi connectivity index (χ0v) is 8.93. The molecule has 5 heteroatoms. The molecule has 1 atom stereocenters. The smallest absolute Gasteiger partial charge is 0.328 e. The zero-order valence-electron chi connectivity index (χ0n) is 8.93. The van der Waals surface area contributed by atoms with Crippen molar-refractivity contribution in [3.8, 4) is 0 Å². The van der Waals surface area contributed by atoms with Crippen molar-refractivity contribution in [2.24, 2.45) is 5.73 Å². The van der Waals surface area contributed by atoms with Gasteiger partial charge in [0, 0.05) is 0 Å². The van der Waals surface area contributed by atoms with Gasteiger partial charge in [-0.1, -0.05) is 30.3 Å². The number of primary amides is 1. The summed E-state index contributed by atoms with van der Waals surface area (Å²) in [5.74, 6) is -1.65. The third kappa shape index (κ3) is 2.58. The van der Waals surface area contributed by atoms with Gasteiger partial charge in [-0.15, -0.1) is 0 Å². The molecule has 1 aromatic carbocycles. The maximum absolute atomic E-state index is 11.2. The normalized spacial score (nSPS) is 14.1. The number of carboxylic acids is 1. The summed E-state index contributed by atoms with van der Waals surface area (Å²) in [6.07, 6.45) is 0. The fraction of sp³-hybridized carbons (Fsp3) is 0.273. The number of carbonyl (C=O) groups is 2. The van der Waals surface area contributed by atoms with Crippen LogP contribution >= 0.6 is 0 Å². The van der Waals surface area contributed by atoms with Gasteiger partial charge in [0.2, 0.25) is 5.91 Å². The molecule has 0 aliphatic carbocycles. The first-order valence-corrected chi connectivity index (χ1v) is 4.79. The zero-order chi connectivity index (χ0) is 12.2. The van der Waals surface area contributed by atoms with Gasteiger partial charge in [-0.2, -0.15) is 0 Å². The lowest BCUT2D eigenvalue weighted by molar-refractivity contribution is -0.144. The van der Waals surface area contributed by atoms with E-state index in [1.54, 1.807) is 30.3 Å². The van der Waals surface area contributed by atoms with E-state index in [1.807, 2.05) is 0 Å². The number of nitrogens with two attached hydrogens (primary N) is 1. The first kappa shape index (κ1) is 12.2. The first-order valence-electron chi connectivity index (χ1n) is 4.79. The Bertz CT molecular complexity index is 391. The molecule has 1 amide bonds. The van der Waals surface area contributed by atoms with Crippen molar-refractivity contribution >= 4 is 11.9 Å². The van der Waals surface area contributed by atoms with E-state index in [0.29, 0.717) is 5.56 Å². The van der Waals surface area contributed by atoms with Gasteiger partial charge in [0.15, 0.2) is 0 Å². The minimum absolute atomic E-state index is 0.183. The number of carbonyl (C=O) groups excluding carboxylic acids is 1. The maximum atomic E-state index is 11.2. The molecule has 0 bridgehead atoms. The molecule has 0 saturated heterocycles. The number of hydrogen-bond donors (Lipinski definition) is 3. The Balaban J connectivity index is 2.98. The van der Waals surface area contributed by atoms with Gasteiger partial charge in [0.25, 0.3) is 0 Å². The summed E-state index contributed by atoms with van der Waals surface area (Å²) < 4.78 is 0. The third-order valence-corrected chi connectivity index (χ3v) is 2.40. The molecule has 5 nitrogen and oxygen atoms in total. The van der Waals surface area contributed by atoms with Crippen molar-refractivity contribution in [2.75, 3.05) is 6.54 Å². The van der Waals surface area contributed by atoms with E-state index in [9.17, 15) is 14.7 Å².